The molecule has 1 aliphatic heterocycles. The van der Waals surface area contributed by atoms with Crippen molar-refractivity contribution in [3.8, 4) is 11.8 Å². The van der Waals surface area contributed by atoms with Gasteiger partial charge in [-0.05, 0) is 63.1 Å². The van der Waals surface area contributed by atoms with Gasteiger partial charge < -0.3 is 20.6 Å². The van der Waals surface area contributed by atoms with E-state index in [4.69, 9.17) is 0 Å². The van der Waals surface area contributed by atoms with Crippen molar-refractivity contribution in [2.75, 3.05) is 20.6 Å². The Kier molecular flexibility index (Phi) is 14.2. The van der Waals surface area contributed by atoms with E-state index in [0.717, 1.165) is 37.8 Å². The first-order valence-corrected chi connectivity index (χ1v) is 17.2. The minimum absolute atomic E-state index is 0.0139. The topological polar surface area (TPSA) is 132 Å². The van der Waals surface area contributed by atoms with Gasteiger partial charge in [0.05, 0.1) is 18.1 Å². The molecule has 0 spiro atoms. The van der Waals surface area contributed by atoms with Crippen molar-refractivity contribution in [1.29, 1.82) is 0 Å². The molecular weight excluding hydrogens is 614 g/mol. The number of carboxylic acids is 1. The third-order valence-corrected chi connectivity index (χ3v) is 9.47. The van der Waals surface area contributed by atoms with Gasteiger partial charge in [-0.25, -0.2) is 9.78 Å². The summed E-state index contributed by atoms with van der Waals surface area (Å²) in [4.78, 5) is 59.9. The highest BCUT2D eigenvalue weighted by molar-refractivity contribution is 7.10. The number of carbonyl (C=O) groups excluding carboxylic acids is 3. The molecule has 1 fully saturated rings. The van der Waals surface area contributed by atoms with Crippen LogP contribution in [0.15, 0.2) is 47.4 Å². The summed E-state index contributed by atoms with van der Waals surface area (Å²) < 4.78 is 0. The molecule has 3 amide bonds. The molecule has 254 valence electrons. The van der Waals surface area contributed by atoms with Crippen LogP contribution < -0.4 is 10.6 Å². The van der Waals surface area contributed by atoms with Crippen molar-refractivity contribution < 1.29 is 24.3 Å². The second-order valence-corrected chi connectivity index (χ2v) is 13.6. The van der Waals surface area contributed by atoms with E-state index in [1.54, 1.807) is 17.3 Å². The summed E-state index contributed by atoms with van der Waals surface area (Å²) in [6, 6.07) is 7.58. The molecule has 3 N–H and O–H groups in total. The number of nitrogens with one attached hydrogen (secondary N) is 2. The van der Waals surface area contributed by atoms with Crippen molar-refractivity contribution in [2.24, 2.45) is 11.8 Å². The lowest BCUT2D eigenvalue weighted by Crippen LogP contribution is -2.57. The van der Waals surface area contributed by atoms with Crippen molar-refractivity contribution in [3.63, 3.8) is 0 Å². The molecule has 11 heteroatoms. The highest BCUT2D eigenvalue weighted by Gasteiger charge is 2.35. The molecule has 47 heavy (non-hydrogen) atoms. The van der Waals surface area contributed by atoms with Crippen LogP contribution in [0.1, 0.15) is 81.4 Å². The fourth-order valence-corrected chi connectivity index (χ4v) is 6.26. The average molecular weight is 664 g/mol. The van der Waals surface area contributed by atoms with E-state index in [-0.39, 0.29) is 41.0 Å². The van der Waals surface area contributed by atoms with Gasteiger partial charge in [0.2, 0.25) is 11.8 Å². The van der Waals surface area contributed by atoms with Crippen LogP contribution in [0.25, 0.3) is 0 Å². The maximum absolute atomic E-state index is 13.9. The van der Waals surface area contributed by atoms with Crippen molar-refractivity contribution >= 4 is 35.0 Å². The number of carbonyl (C=O) groups is 4. The smallest absolute Gasteiger partial charge is 0.331 e. The molecule has 0 bridgehead atoms. The number of amides is 3. The van der Waals surface area contributed by atoms with Gasteiger partial charge >= 0.3 is 5.97 Å². The number of hydrogen-bond acceptors (Lipinski definition) is 7. The molecule has 1 aliphatic rings. The van der Waals surface area contributed by atoms with Crippen LogP contribution in [-0.2, 0) is 20.8 Å². The average Bonchev–Trinajstić information content (AvgIpc) is 3.52. The van der Waals surface area contributed by atoms with E-state index in [1.165, 1.54) is 24.3 Å². The van der Waals surface area contributed by atoms with E-state index in [9.17, 15) is 24.3 Å². The second-order valence-electron chi connectivity index (χ2n) is 12.7. The lowest BCUT2D eigenvalue weighted by Gasteiger charge is -2.36. The summed E-state index contributed by atoms with van der Waals surface area (Å²) in [5.41, 5.74) is 1.26. The minimum Gasteiger partial charge on any atom is -0.478 e. The molecule has 10 nitrogen and oxygen atoms in total. The summed E-state index contributed by atoms with van der Waals surface area (Å²) in [6.45, 7) is 10.3. The number of nitrogens with zero attached hydrogens (tertiary/aromatic N) is 3. The summed E-state index contributed by atoms with van der Waals surface area (Å²) in [7, 11) is 3.67. The monoisotopic (exact) mass is 663 g/mol. The Balaban J connectivity index is 1.75. The lowest BCUT2D eigenvalue weighted by molar-refractivity contribution is -0.139. The molecule has 0 aliphatic carbocycles. The summed E-state index contributed by atoms with van der Waals surface area (Å²) in [6.07, 6.45) is 5.51. The van der Waals surface area contributed by atoms with Gasteiger partial charge in [-0.3, -0.25) is 19.3 Å². The van der Waals surface area contributed by atoms with E-state index in [1.807, 2.05) is 65.1 Å². The van der Waals surface area contributed by atoms with Crippen molar-refractivity contribution in [2.45, 2.75) is 90.9 Å². The van der Waals surface area contributed by atoms with Crippen LogP contribution in [0.3, 0.4) is 0 Å². The number of benzene rings is 1. The number of aromatic nitrogens is 1. The molecular formula is C36H49N5O5S. The van der Waals surface area contributed by atoms with Crippen LogP contribution in [0.4, 0.5) is 0 Å². The fourth-order valence-electron chi connectivity index (χ4n) is 5.61. The number of likely N-dealkylation sites (N-methyl/N-ethyl adjacent to an activating group) is 2. The Morgan fingerprint density at radius 1 is 1.15 bits per heavy atom. The highest BCUT2D eigenvalue weighted by Crippen LogP contribution is 2.19. The molecule has 2 aromatic rings. The minimum atomic E-state index is -1.05. The number of aliphatic carboxylic acids is 1. The predicted octanol–water partition coefficient (Wildman–Crippen LogP) is 4.36. The molecule has 2 heterocycles. The summed E-state index contributed by atoms with van der Waals surface area (Å²) in [5.74, 6) is 4.38. The quantitative estimate of drug-likeness (QED) is 0.214. The van der Waals surface area contributed by atoms with Crippen LogP contribution in [0.5, 0.6) is 0 Å². The maximum Gasteiger partial charge on any atom is 0.331 e. The highest BCUT2D eigenvalue weighted by atomic mass is 32.1. The van der Waals surface area contributed by atoms with Gasteiger partial charge in [0, 0.05) is 18.0 Å². The lowest BCUT2D eigenvalue weighted by atomic mass is 9.94. The standard InChI is InChI=1S/C36H49N5O5S/c1-8-24(4)32(39-34(43)30-16-12-13-19-40(30)6)35(44)41(7)29(23(2)3)17-18-31-38-28(22-47-31)33(42)37-27(20-25(5)36(45)46)21-26-14-10-9-11-15-26/h9-11,14-15,20,22-24,27,29-30,32H,8,12-13,16,19,21H2,1-7H3,(H,37,42)(H,39,43)(H,45,46)/b25-20+/t24-,27?,29+,30?,32-/m0/s1. The van der Waals surface area contributed by atoms with Gasteiger partial charge in [0.1, 0.15) is 11.7 Å². The molecule has 1 aromatic heterocycles. The number of rotatable bonds is 13. The largest absolute Gasteiger partial charge is 0.478 e. The molecule has 0 radical (unpaired) electrons. The van der Waals surface area contributed by atoms with Crippen LogP contribution in [0.2, 0.25) is 0 Å². The first-order valence-electron chi connectivity index (χ1n) is 16.3. The Labute approximate surface area is 283 Å². The number of piperidine rings is 1. The van der Waals surface area contributed by atoms with Crippen molar-refractivity contribution in [3.05, 3.63) is 63.6 Å². The number of likely N-dealkylation sites (tertiary alicyclic amines) is 1. The van der Waals surface area contributed by atoms with Gasteiger partial charge in [-0.1, -0.05) is 82.9 Å². The van der Waals surface area contributed by atoms with E-state index >= 15 is 0 Å². The zero-order valence-electron chi connectivity index (χ0n) is 28.6. The van der Waals surface area contributed by atoms with E-state index in [2.05, 4.69) is 32.4 Å². The molecule has 1 saturated heterocycles. The SMILES string of the molecule is CC[C@H](C)[C@H](NC(=O)C1CCCCN1C)C(=O)N(C)[C@H](C#Cc1nc(C(=O)NC(/C=C(\C)C(=O)O)Cc2ccccc2)cs1)C(C)C. The summed E-state index contributed by atoms with van der Waals surface area (Å²) in [5, 5.41) is 17.4. The molecule has 1 aromatic carbocycles. The molecule has 0 saturated carbocycles. The third-order valence-electron chi connectivity index (χ3n) is 8.71. The Hall–Kier alpha value is -4.01. The van der Waals surface area contributed by atoms with Gasteiger partial charge in [0.15, 0.2) is 5.01 Å². The maximum atomic E-state index is 13.9. The van der Waals surface area contributed by atoms with Gasteiger partial charge in [0.25, 0.3) is 5.91 Å². The third kappa shape index (κ3) is 10.8. The number of thiazole rings is 1. The van der Waals surface area contributed by atoms with Crippen LogP contribution in [0, 0.1) is 23.7 Å². The Bertz CT molecular complexity index is 1480. The first kappa shape index (κ1) is 37.4. The van der Waals surface area contributed by atoms with Crippen molar-refractivity contribution in [1.82, 2.24) is 25.4 Å². The molecule has 3 rings (SSSR count). The number of hydrogen-bond donors (Lipinski definition) is 3. The zero-order valence-corrected chi connectivity index (χ0v) is 29.4. The Morgan fingerprint density at radius 3 is 2.47 bits per heavy atom. The number of carboxylic acid groups (broad SMARTS) is 1. The first-order chi connectivity index (χ1) is 22.3. The molecule has 2 unspecified atom stereocenters. The predicted molar refractivity (Wildman–Crippen MR) is 185 cm³/mol. The van der Waals surface area contributed by atoms with Crippen LogP contribution in [-0.4, -0.2) is 88.4 Å². The van der Waals surface area contributed by atoms with Gasteiger partial charge in [-0.2, -0.15) is 0 Å². The normalized spacial score (nSPS) is 17.9. The zero-order chi connectivity index (χ0) is 34.7. The van der Waals surface area contributed by atoms with E-state index < -0.39 is 30.0 Å². The fraction of sp³-hybridized carbons (Fsp3) is 0.528. The van der Waals surface area contributed by atoms with E-state index in [0.29, 0.717) is 11.4 Å². The summed E-state index contributed by atoms with van der Waals surface area (Å²) >= 11 is 1.22. The van der Waals surface area contributed by atoms with Crippen LogP contribution >= 0.6 is 11.3 Å². The molecule has 5 atom stereocenters. The Morgan fingerprint density at radius 2 is 1.85 bits per heavy atom. The second kappa shape index (κ2) is 17.8. The van der Waals surface area contributed by atoms with Gasteiger partial charge in [-0.15, -0.1) is 11.3 Å².